The Morgan fingerprint density at radius 3 is 2.38 bits per heavy atom. The Labute approximate surface area is 157 Å². The van der Waals surface area contributed by atoms with E-state index in [4.69, 9.17) is 4.42 Å². The number of amides is 1. The molecule has 4 fully saturated rings. The quantitative estimate of drug-likeness (QED) is 0.847. The number of carbonyl (C=O) groups excluding carboxylic acids is 1. The van der Waals surface area contributed by atoms with E-state index >= 15 is 0 Å². The predicted octanol–water partition coefficient (Wildman–Crippen LogP) is 4.38. The molecule has 5 nitrogen and oxygen atoms in total. The van der Waals surface area contributed by atoms with Gasteiger partial charge in [0.25, 0.3) is 0 Å². The number of thioether (sulfide) groups is 1. The highest BCUT2D eigenvalue weighted by atomic mass is 32.2. The van der Waals surface area contributed by atoms with Crippen molar-refractivity contribution in [2.45, 2.75) is 43.3 Å². The van der Waals surface area contributed by atoms with Gasteiger partial charge >= 0.3 is 6.01 Å². The lowest BCUT2D eigenvalue weighted by Gasteiger charge is -2.56. The molecule has 0 spiro atoms. The van der Waals surface area contributed by atoms with Crippen LogP contribution in [0.4, 0.5) is 6.01 Å². The number of nitrogens with one attached hydrogen (secondary N) is 1. The summed E-state index contributed by atoms with van der Waals surface area (Å²) in [5, 5.41) is 10.7. The second kappa shape index (κ2) is 6.41. The molecule has 4 saturated carbocycles. The van der Waals surface area contributed by atoms with Crippen molar-refractivity contribution in [1.29, 1.82) is 0 Å². The molecular formula is C20H23N3O2S. The maximum Gasteiger partial charge on any atom is 0.322 e. The molecule has 6 heteroatoms. The molecule has 0 radical (unpaired) electrons. The zero-order valence-electron chi connectivity index (χ0n) is 14.7. The van der Waals surface area contributed by atoms with E-state index in [0.29, 0.717) is 16.4 Å². The van der Waals surface area contributed by atoms with Crippen LogP contribution in [0.3, 0.4) is 0 Å². The lowest BCUT2D eigenvalue weighted by atomic mass is 9.56. The van der Waals surface area contributed by atoms with Gasteiger partial charge < -0.3 is 4.42 Å². The molecule has 1 heterocycles. The normalized spacial score (nSPS) is 31.9. The number of hydrogen-bond acceptors (Lipinski definition) is 5. The van der Waals surface area contributed by atoms with Gasteiger partial charge in [-0.2, -0.15) is 0 Å². The maximum atomic E-state index is 12.4. The van der Waals surface area contributed by atoms with Crippen molar-refractivity contribution >= 4 is 23.7 Å². The Hall–Kier alpha value is -1.82. The molecule has 1 amide bonds. The summed E-state index contributed by atoms with van der Waals surface area (Å²) in [5.41, 5.74) is 0.850. The van der Waals surface area contributed by atoms with E-state index in [-0.39, 0.29) is 11.9 Å². The fourth-order valence-corrected chi connectivity index (χ4v) is 7.12. The topological polar surface area (TPSA) is 68.0 Å². The monoisotopic (exact) mass is 369 g/mol. The minimum Gasteiger partial charge on any atom is -0.403 e. The average Bonchev–Trinajstić information content (AvgIpc) is 3.08. The van der Waals surface area contributed by atoms with Gasteiger partial charge in [0.15, 0.2) is 0 Å². The number of rotatable bonds is 5. The SMILES string of the molecule is O=C(CSC12CC3CC(CC(C3)C1)C2)Nc1nnc(-c2ccccc2)o1. The predicted molar refractivity (Wildman–Crippen MR) is 102 cm³/mol. The van der Waals surface area contributed by atoms with Crippen molar-refractivity contribution in [3.63, 3.8) is 0 Å². The van der Waals surface area contributed by atoms with E-state index in [0.717, 1.165) is 23.3 Å². The number of nitrogens with zero attached hydrogens (tertiary/aromatic N) is 2. The number of aromatic nitrogens is 2. The van der Waals surface area contributed by atoms with Crippen molar-refractivity contribution in [2.24, 2.45) is 17.8 Å². The van der Waals surface area contributed by atoms with Gasteiger partial charge in [-0.25, -0.2) is 0 Å². The molecule has 4 bridgehead atoms. The summed E-state index contributed by atoms with van der Waals surface area (Å²) in [6, 6.07) is 9.76. The minimum atomic E-state index is -0.0472. The third kappa shape index (κ3) is 3.15. The van der Waals surface area contributed by atoms with Crippen LogP contribution < -0.4 is 5.32 Å². The van der Waals surface area contributed by atoms with E-state index in [9.17, 15) is 4.79 Å². The number of anilines is 1. The van der Waals surface area contributed by atoms with Gasteiger partial charge in [0.2, 0.25) is 11.8 Å². The van der Waals surface area contributed by atoms with Crippen molar-refractivity contribution in [3.8, 4) is 11.5 Å². The van der Waals surface area contributed by atoms with Crippen LogP contribution in [0.15, 0.2) is 34.7 Å². The molecule has 0 unspecified atom stereocenters. The van der Waals surface area contributed by atoms with E-state index in [1.165, 1.54) is 38.5 Å². The molecule has 6 rings (SSSR count). The van der Waals surface area contributed by atoms with Crippen molar-refractivity contribution in [3.05, 3.63) is 30.3 Å². The molecule has 1 aromatic carbocycles. The highest BCUT2D eigenvalue weighted by molar-refractivity contribution is 8.01. The smallest absolute Gasteiger partial charge is 0.322 e. The number of benzene rings is 1. The summed E-state index contributed by atoms with van der Waals surface area (Å²) < 4.78 is 5.92. The second-order valence-electron chi connectivity index (χ2n) is 8.22. The lowest BCUT2D eigenvalue weighted by molar-refractivity contribution is -0.114. The van der Waals surface area contributed by atoms with Gasteiger partial charge in [-0.15, -0.1) is 16.9 Å². The van der Waals surface area contributed by atoms with Crippen LogP contribution in [-0.4, -0.2) is 26.6 Å². The Kier molecular flexibility index (Phi) is 4.03. The van der Waals surface area contributed by atoms with E-state index in [1.54, 1.807) is 0 Å². The van der Waals surface area contributed by atoms with Crippen LogP contribution in [0.1, 0.15) is 38.5 Å². The second-order valence-corrected chi connectivity index (χ2v) is 9.66. The minimum absolute atomic E-state index is 0.0472. The summed E-state index contributed by atoms with van der Waals surface area (Å²) in [4.78, 5) is 12.4. The Morgan fingerprint density at radius 2 is 1.73 bits per heavy atom. The molecule has 4 aliphatic rings. The zero-order valence-corrected chi connectivity index (χ0v) is 15.5. The van der Waals surface area contributed by atoms with Crippen molar-refractivity contribution < 1.29 is 9.21 Å². The fourth-order valence-electron chi connectivity index (χ4n) is 5.55. The zero-order chi connectivity index (χ0) is 17.6. The summed E-state index contributed by atoms with van der Waals surface area (Å²) in [6.45, 7) is 0. The molecule has 0 aliphatic heterocycles. The first-order valence-corrected chi connectivity index (χ1v) is 10.5. The van der Waals surface area contributed by atoms with Gasteiger partial charge in [-0.1, -0.05) is 23.3 Å². The van der Waals surface area contributed by atoms with Gasteiger partial charge in [0, 0.05) is 10.3 Å². The molecular weight excluding hydrogens is 346 g/mol. The van der Waals surface area contributed by atoms with Crippen LogP contribution in [0, 0.1) is 17.8 Å². The van der Waals surface area contributed by atoms with Gasteiger partial charge in [-0.05, 0) is 68.4 Å². The van der Waals surface area contributed by atoms with E-state index < -0.39 is 0 Å². The summed E-state index contributed by atoms with van der Waals surface area (Å²) in [6.07, 6.45) is 8.18. The first-order valence-electron chi connectivity index (χ1n) is 9.50. The first kappa shape index (κ1) is 16.4. The summed E-state index contributed by atoms with van der Waals surface area (Å²) in [5.74, 6) is 3.56. The van der Waals surface area contributed by atoms with Crippen LogP contribution >= 0.6 is 11.8 Å². The molecule has 1 aromatic heterocycles. The summed E-state index contributed by atoms with van der Waals surface area (Å²) in [7, 11) is 0. The molecule has 2 aromatic rings. The fraction of sp³-hybridized carbons (Fsp3) is 0.550. The van der Waals surface area contributed by atoms with Crippen LogP contribution in [0.2, 0.25) is 0 Å². The van der Waals surface area contributed by atoms with Crippen molar-refractivity contribution in [2.75, 3.05) is 11.1 Å². The first-order chi connectivity index (χ1) is 12.7. The van der Waals surface area contributed by atoms with Crippen molar-refractivity contribution in [1.82, 2.24) is 10.2 Å². The van der Waals surface area contributed by atoms with E-state index in [2.05, 4.69) is 15.5 Å². The molecule has 0 saturated heterocycles. The highest BCUT2D eigenvalue weighted by Crippen LogP contribution is 2.60. The Balaban J connectivity index is 1.19. The molecule has 0 atom stereocenters. The molecule has 1 N–H and O–H groups in total. The third-order valence-corrected chi connectivity index (χ3v) is 7.70. The molecule has 4 aliphatic carbocycles. The number of hydrogen-bond donors (Lipinski definition) is 1. The molecule has 136 valence electrons. The largest absolute Gasteiger partial charge is 0.403 e. The van der Waals surface area contributed by atoms with Crippen LogP contribution in [-0.2, 0) is 4.79 Å². The van der Waals surface area contributed by atoms with E-state index in [1.807, 2.05) is 42.1 Å². The Morgan fingerprint density at radius 1 is 1.08 bits per heavy atom. The van der Waals surface area contributed by atoms with Gasteiger partial charge in [0.1, 0.15) is 0 Å². The Bertz CT molecular complexity index is 769. The van der Waals surface area contributed by atoms with Crippen LogP contribution in [0.25, 0.3) is 11.5 Å². The van der Waals surface area contributed by atoms with Crippen LogP contribution in [0.5, 0.6) is 0 Å². The standard InChI is InChI=1S/C20H23N3O2S/c24-17(21-19-23-22-18(25-19)16-4-2-1-3-5-16)12-26-20-9-13-6-14(10-20)8-15(7-13)11-20/h1-5,13-15H,6-12H2,(H,21,23,24). The lowest BCUT2D eigenvalue weighted by Crippen LogP contribution is -2.49. The average molecular weight is 369 g/mol. The van der Waals surface area contributed by atoms with Gasteiger partial charge in [0.05, 0.1) is 5.75 Å². The van der Waals surface area contributed by atoms with Gasteiger partial charge in [-0.3, -0.25) is 10.1 Å². The number of carbonyl (C=O) groups is 1. The summed E-state index contributed by atoms with van der Waals surface area (Å²) >= 11 is 1.86. The third-order valence-electron chi connectivity index (χ3n) is 6.18. The molecule has 26 heavy (non-hydrogen) atoms. The maximum absolute atomic E-state index is 12.4. The highest BCUT2D eigenvalue weighted by Gasteiger charge is 2.51.